The van der Waals surface area contributed by atoms with Gasteiger partial charge in [0.25, 0.3) is 11.6 Å². The van der Waals surface area contributed by atoms with Gasteiger partial charge in [0.05, 0.1) is 25.9 Å². The van der Waals surface area contributed by atoms with Crippen molar-refractivity contribution in [3.05, 3.63) is 30.3 Å². The summed E-state index contributed by atoms with van der Waals surface area (Å²) in [6.45, 7) is 0.421. The van der Waals surface area contributed by atoms with Gasteiger partial charge in [-0.3, -0.25) is 9.69 Å². The maximum absolute atomic E-state index is 13.3. The Morgan fingerprint density at radius 3 is 2.76 bits per heavy atom. The summed E-state index contributed by atoms with van der Waals surface area (Å²) in [5.41, 5.74) is 4.37. The highest BCUT2D eigenvalue weighted by atomic mass is 16.5. The molecule has 0 bridgehead atoms. The number of hydrogen-bond acceptors (Lipinski definition) is 6. The van der Waals surface area contributed by atoms with Crippen LogP contribution in [0.1, 0.15) is 0 Å². The van der Waals surface area contributed by atoms with Crippen molar-refractivity contribution < 1.29 is 24.2 Å². The third-order valence-electron chi connectivity index (χ3n) is 4.28. The minimum Gasteiger partial charge on any atom is -0.478 e. The van der Waals surface area contributed by atoms with E-state index in [9.17, 15) is 14.7 Å². The summed E-state index contributed by atoms with van der Waals surface area (Å²) in [4.78, 5) is 32.3. The van der Waals surface area contributed by atoms with E-state index < -0.39 is 23.6 Å². The van der Waals surface area contributed by atoms with E-state index in [2.05, 4.69) is 4.99 Å². The molecule has 2 heterocycles. The number of carbonyl (C=O) groups is 2. The first kappa shape index (κ1) is 17.2. The topological polar surface area (TPSA) is 118 Å². The van der Waals surface area contributed by atoms with Crippen molar-refractivity contribution in [1.29, 1.82) is 0 Å². The lowest BCUT2D eigenvalue weighted by atomic mass is 10.1. The number of nitrogens with zero attached hydrogens (tertiary/aromatic N) is 3. The summed E-state index contributed by atoms with van der Waals surface area (Å²) in [7, 11) is 0. The van der Waals surface area contributed by atoms with Crippen molar-refractivity contribution in [2.45, 2.75) is 11.7 Å². The normalized spacial score (nSPS) is 25.5. The first-order chi connectivity index (χ1) is 12.1. The van der Waals surface area contributed by atoms with Crippen molar-refractivity contribution in [2.75, 3.05) is 37.9 Å². The number of aliphatic imine (C=N–C) groups is 1. The molecule has 0 aliphatic carbocycles. The van der Waals surface area contributed by atoms with E-state index in [-0.39, 0.29) is 26.4 Å². The zero-order valence-electron chi connectivity index (χ0n) is 13.6. The van der Waals surface area contributed by atoms with Crippen LogP contribution in [-0.4, -0.2) is 73.0 Å². The number of anilines is 1. The molecule has 2 unspecified atom stereocenters. The van der Waals surface area contributed by atoms with E-state index >= 15 is 0 Å². The van der Waals surface area contributed by atoms with Crippen LogP contribution in [0.2, 0.25) is 0 Å². The van der Waals surface area contributed by atoms with Crippen LogP contribution in [-0.2, 0) is 14.3 Å². The molecule has 9 heteroatoms. The minimum absolute atomic E-state index is 0.170. The average Bonchev–Trinajstić information content (AvgIpc) is 3.13. The van der Waals surface area contributed by atoms with E-state index in [0.29, 0.717) is 12.3 Å². The lowest BCUT2D eigenvalue weighted by Gasteiger charge is -2.42. The molecule has 1 aromatic rings. The Hall–Kier alpha value is -2.65. The molecule has 2 aliphatic heterocycles. The summed E-state index contributed by atoms with van der Waals surface area (Å²) in [5.74, 6) is -0.799. The van der Waals surface area contributed by atoms with E-state index in [4.69, 9.17) is 15.2 Å². The van der Waals surface area contributed by atoms with Crippen LogP contribution in [0.3, 0.4) is 0 Å². The number of nitrogens with two attached hydrogens (primary N) is 1. The van der Waals surface area contributed by atoms with E-state index in [1.54, 1.807) is 30.3 Å². The average molecular weight is 348 g/mol. The summed E-state index contributed by atoms with van der Waals surface area (Å²) in [5, 5.41) is 9.56. The molecule has 3 amide bonds. The highest BCUT2D eigenvalue weighted by Gasteiger charge is 2.51. The number of benzene rings is 1. The Kier molecular flexibility index (Phi) is 4.86. The van der Waals surface area contributed by atoms with E-state index in [1.807, 2.05) is 0 Å². The quantitative estimate of drug-likeness (QED) is 0.764. The predicted molar refractivity (Wildman–Crippen MR) is 89.1 cm³/mol. The molecule has 1 saturated heterocycles. The van der Waals surface area contributed by atoms with E-state index in [1.165, 1.54) is 9.80 Å². The minimum atomic E-state index is -1.67. The van der Waals surface area contributed by atoms with Crippen LogP contribution in [0.15, 0.2) is 35.3 Å². The molecule has 3 rings (SSSR count). The fourth-order valence-corrected chi connectivity index (χ4v) is 2.93. The third-order valence-corrected chi connectivity index (χ3v) is 4.28. The highest BCUT2D eigenvalue weighted by molar-refractivity contribution is 6.03. The third kappa shape index (κ3) is 3.03. The van der Waals surface area contributed by atoms with Crippen molar-refractivity contribution in [3.8, 4) is 0 Å². The van der Waals surface area contributed by atoms with E-state index in [0.717, 1.165) is 6.40 Å². The largest absolute Gasteiger partial charge is 0.478 e. The van der Waals surface area contributed by atoms with Gasteiger partial charge in [0, 0.05) is 12.2 Å². The number of amides is 3. The molecule has 2 atom stereocenters. The first-order valence-corrected chi connectivity index (χ1v) is 7.90. The Bertz CT molecular complexity index is 668. The second-order valence-corrected chi connectivity index (χ2v) is 5.78. The summed E-state index contributed by atoms with van der Waals surface area (Å²) in [6, 6.07) is 7.65. The number of primary amides is 1. The highest BCUT2D eigenvalue weighted by Crippen LogP contribution is 2.30. The monoisotopic (exact) mass is 348 g/mol. The summed E-state index contributed by atoms with van der Waals surface area (Å²) < 4.78 is 10.5. The summed E-state index contributed by atoms with van der Waals surface area (Å²) in [6.07, 6.45) is 1.12. The Morgan fingerprint density at radius 2 is 2.16 bits per heavy atom. The molecule has 0 radical (unpaired) electrons. The standard InChI is InChI=1S/C16H20N4O5/c17-14(22)16(10-25-11-18-16)20(12-4-2-1-3-5-12)15(23)19-6-7-24-9-13(19)8-21/h1-5,11,13,21H,6-10H2,(H2,17,22). The van der Waals surface area contributed by atoms with Crippen molar-refractivity contribution >= 4 is 24.0 Å². The number of rotatable bonds is 4. The number of ether oxygens (including phenoxy) is 2. The van der Waals surface area contributed by atoms with Crippen LogP contribution in [0, 0.1) is 0 Å². The lowest BCUT2D eigenvalue weighted by Crippen LogP contribution is -2.65. The van der Waals surface area contributed by atoms with Crippen molar-refractivity contribution in [2.24, 2.45) is 10.7 Å². The van der Waals surface area contributed by atoms with Gasteiger partial charge in [0.1, 0.15) is 6.61 Å². The van der Waals surface area contributed by atoms with Gasteiger partial charge in [0.2, 0.25) is 0 Å². The summed E-state index contributed by atoms with van der Waals surface area (Å²) >= 11 is 0. The number of aliphatic hydroxyl groups excluding tert-OH is 1. The smallest absolute Gasteiger partial charge is 0.327 e. The van der Waals surface area contributed by atoms with Crippen LogP contribution in [0.25, 0.3) is 0 Å². The molecule has 25 heavy (non-hydrogen) atoms. The first-order valence-electron chi connectivity index (χ1n) is 7.90. The second kappa shape index (κ2) is 7.08. The lowest BCUT2D eigenvalue weighted by molar-refractivity contribution is -0.123. The maximum atomic E-state index is 13.3. The predicted octanol–water partition coefficient (Wildman–Crippen LogP) is -0.454. The maximum Gasteiger partial charge on any atom is 0.327 e. The fourth-order valence-electron chi connectivity index (χ4n) is 2.93. The molecule has 134 valence electrons. The molecule has 1 fully saturated rings. The molecule has 9 nitrogen and oxygen atoms in total. The van der Waals surface area contributed by atoms with Gasteiger partial charge in [-0.2, -0.15) is 0 Å². The van der Waals surface area contributed by atoms with Crippen molar-refractivity contribution in [3.63, 3.8) is 0 Å². The van der Waals surface area contributed by atoms with Crippen LogP contribution < -0.4 is 10.6 Å². The van der Waals surface area contributed by atoms with Crippen LogP contribution in [0.5, 0.6) is 0 Å². The Morgan fingerprint density at radius 1 is 1.40 bits per heavy atom. The Labute approximate surface area is 144 Å². The second-order valence-electron chi connectivity index (χ2n) is 5.78. The SMILES string of the molecule is NC(=O)C1(N(C(=O)N2CCOCC2CO)c2ccccc2)COC=N1. The Balaban J connectivity index is 2.04. The number of para-hydroxylation sites is 1. The number of hydrogen-bond donors (Lipinski definition) is 2. The fraction of sp³-hybridized carbons (Fsp3) is 0.438. The molecule has 0 aromatic heterocycles. The number of morpholine rings is 1. The molecule has 3 N–H and O–H groups in total. The van der Waals surface area contributed by atoms with Gasteiger partial charge in [0.15, 0.2) is 6.40 Å². The molecule has 1 aromatic carbocycles. The number of aliphatic hydroxyl groups is 1. The van der Waals surface area contributed by atoms with Gasteiger partial charge >= 0.3 is 6.03 Å². The van der Waals surface area contributed by atoms with Gasteiger partial charge in [-0.25, -0.2) is 9.79 Å². The molecule has 2 aliphatic rings. The molecule has 0 saturated carbocycles. The number of carbonyl (C=O) groups excluding carboxylic acids is 2. The van der Waals surface area contributed by atoms with Gasteiger partial charge < -0.3 is 25.2 Å². The zero-order valence-corrected chi connectivity index (χ0v) is 13.6. The van der Waals surface area contributed by atoms with Crippen LogP contribution in [0.4, 0.5) is 10.5 Å². The van der Waals surface area contributed by atoms with Crippen LogP contribution >= 0.6 is 0 Å². The zero-order chi connectivity index (χ0) is 17.9. The van der Waals surface area contributed by atoms with Crippen molar-refractivity contribution in [1.82, 2.24) is 4.90 Å². The number of urea groups is 1. The molecular weight excluding hydrogens is 328 g/mol. The van der Waals surface area contributed by atoms with Gasteiger partial charge in [-0.1, -0.05) is 18.2 Å². The van der Waals surface area contributed by atoms with Gasteiger partial charge in [-0.05, 0) is 12.1 Å². The van der Waals surface area contributed by atoms with Gasteiger partial charge in [-0.15, -0.1) is 0 Å². The molecule has 0 spiro atoms. The molecular formula is C16H20N4O5.